The molecular formula is C19H19N3O. The van der Waals surface area contributed by atoms with Crippen LogP contribution in [0, 0.1) is 0 Å². The molecule has 0 fully saturated rings. The number of ether oxygens (including phenoxy) is 1. The van der Waals surface area contributed by atoms with Crippen LogP contribution in [0.2, 0.25) is 0 Å². The maximum Gasteiger partial charge on any atom is 0.128 e. The molecule has 0 unspecified atom stereocenters. The third-order valence-corrected chi connectivity index (χ3v) is 4.05. The third kappa shape index (κ3) is 2.61. The normalized spacial score (nSPS) is 18.3. The Kier molecular flexibility index (Phi) is 3.18. The second-order valence-electron chi connectivity index (χ2n) is 6.37. The van der Waals surface area contributed by atoms with Gasteiger partial charge in [0.1, 0.15) is 17.2 Å². The third-order valence-electron chi connectivity index (χ3n) is 4.05. The predicted molar refractivity (Wildman–Crippen MR) is 91.9 cm³/mol. The Balaban J connectivity index is 1.86. The molecule has 1 N–H and O–H groups in total. The summed E-state index contributed by atoms with van der Waals surface area (Å²) in [7, 11) is 0. The number of amidine groups is 1. The summed E-state index contributed by atoms with van der Waals surface area (Å²) in [6.07, 6.45) is 5.86. The highest BCUT2D eigenvalue weighted by Crippen LogP contribution is 2.39. The lowest BCUT2D eigenvalue weighted by atomic mass is 9.89. The van der Waals surface area contributed by atoms with Crippen LogP contribution in [0.5, 0.6) is 5.75 Å². The summed E-state index contributed by atoms with van der Waals surface area (Å²) in [6.45, 7) is 5.88. The second-order valence-corrected chi connectivity index (χ2v) is 6.37. The lowest BCUT2D eigenvalue weighted by molar-refractivity contribution is 0.158. The zero-order valence-electron chi connectivity index (χ0n) is 13.3. The van der Waals surface area contributed by atoms with Gasteiger partial charge in [0.25, 0.3) is 0 Å². The van der Waals surface area contributed by atoms with E-state index in [2.05, 4.69) is 53.4 Å². The Morgan fingerprint density at radius 1 is 1.17 bits per heavy atom. The van der Waals surface area contributed by atoms with Crippen LogP contribution in [0.1, 0.15) is 30.5 Å². The molecule has 0 amide bonds. The van der Waals surface area contributed by atoms with Crippen LogP contribution in [-0.2, 0) is 0 Å². The first-order valence-corrected chi connectivity index (χ1v) is 7.88. The molecule has 4 nitrogen and oxygen atoms in total. The fourth-order valence-electron chi connectivity index (χ4n) is 3.07. The van der Waals surface area contributed by atoms with Crippen LogP contribution in [0.25, 0.3) is 5.57 Å². The molecule has 1 aromatic carbocycles. The fraction of sp³-hybridized carbons (Fsp3) is 0.263. The first kappa shape index (κ1) is 14.0. The number of rotatable bonds is 2. The number of aromatic nitrogens is 1. The van der Waals surface area contributed by atoms with Gasteiger partial charge in [-0.2, -0.15) is 0 Å². The molecule has 3 heterocycles. The van der Waals surface area contributed by atoms with Crippen LogP contribution in [0.4, 0.5) is 0 Å². The van der Waals surface area contributed by atoms with Crippen LogP contribution in [0.3, 0.4) is 0 Å². The van der Waals surface area contributed by atoms with Gasteiger partial charge in [-0.1, -0.05) is 6.07 Å². The molecule has 0 saturated carbocycles. The van der Waals surface area contributed by atoms with Crippen molar-refractivity contribution in [3.8, 4) is 5.75 Å². The minimum atomic E-state index is -0.344. The van der Waals surface area contributed by atoms with E-state index < -0.39 is 0 Å². The van der Waals surface area contributed by atoms with Gasteiger partial charge in [-0.25, -0.2) is 0 Å². The van der Waals surface area contributed by atoms with Crippen molar-refractivity contribution in [3.63, 3.8) is 0 Å². The highest BCUT2D eigenvalue weighted by molar-refractivity contribution is 6.01. The van der Waals surface area contributed by atoms with Gasteiger partial charge in [0.05, 0.1) is 6.54 Å². The molecule has 0 atom stereocenters. The molecule has 0 saturated heterocycles. The minimum Gasteiger partial charge on any atom is -0.483 e. The minimum absolute atomic E-state index is 0.344. The molecule has 4 rings (SSSR count). The number of hydrogen-bond acceptors (Lipinski definition) is 4. The maximum absolute atomic E-state index is 6.13. The topological polar surface area (TPSA) is 46.5 Å². The average Bonchev–Trinajstić information content (AvgIpc) is 3.08. The zero-order chi connectivity index (χ0) is 15.9. The average molecular weight is 305 g/mol. The molecule has 1 aromatic heterocycles. The molecular weight excluding hydrogens is 286 g/mol. The quantitative estimate of drug-likeness (QED) is 0.927. The summed E-state index contributed by atoms with van der Waals surface area (Å²) in [5.74, 6) is 1.86. The molecule has 2 aliphatic heterocycles. The van der Waals surface area contributed by atoms with Crippen LogP contribution in [0.15, 0.2) is 53.8 Å². The Labute approximate surface area is 135 Å². The summed E-state index contributed by atoms with van der Waals surface area (Å²) >= 11 is 0. The van der Waals surface area contributed by atoms with E-state index in [1.165, 1.54) is 0 Å². The molecule has 0 radical (unpaired) electrons. The van der Waals surface area contributed by atoms with Crippen molar-refractivity contribution in [2.45, 2.75) is 19.4 Å². The zero-order valence-corrected chi connectivity index (χ0v) is 13.3. The monoisotopic (exact) mass is 305 g/mol. The van der Waals surface area contributed by atoms with Crippen molar-refractivity contribution in [3.05, 3.63) is 65.5 Å². The number of nitrogens with zero attached hydrogens (tertiary/aromatic N) is 2. The van der Waals surface area contributed by atoms with Gasteiger partial charge >= 0.3 is 0 Å². The molecule has 116 valence electrons. The first-order valence-electron chi connectivity index (χ1n) is 7.88. The number of nitrogens with one attached hydrogen (secondary N) is 1. The number of hydrogen-bond donors (Lipinski definition) is 1. The van der Waals surface area contributed by atoms with Crippen LogP contribution >= 0.6 is 0 Å². The maximum atomic E-state index is 6.13. The molecule has 2 aromatic rings. The molecule has 4 heteroatoms. The van der Waals surface area contributed by atoms with Crippen LogP contribution < -0.4 is 10.1 Å². The van der Waals surface area contributed by atoms with E-state index in [9.17, 15) is 0 Å². The van der Waals surface area contributed by atoms with Gasteiger partial charge in [-0.3, -0.25) is 9.98 Å². The Bertz CT molecular complexity index is 807. The van der Waals surface area contributed by atoms with Gasteiger partial charge in [-0.15, -0.1) is 0 Å². The van der Waals surface area contributed by atoms with E-state index in [1.807, 2.05) is 18.3 Å². The van der Waals surface area contributed by atoms with Crippen molar-refractivity contribution >= 4 is 11.4 Å². The Morgan fingerprint density at radius 2 is 2.09 bits per heavy atom. The van der Waals surface area contributed by atoms with Crippen LogP contribution in [-0.4, -0.2) is 29.5 Å². The van der Waals surface area contributed by atoms with E-state index in [-0.39, 0.29) is 5.60 Å². The summed E-state index contributed by atoms with van der Waals surface area (Å²) in [5, 5.41) is 3.33. The highest BCUT2D eigenvalue weighted by atomic mass is 16.5. The van der Waals surface area contributed by atoms with E-state index in [4.69, 9.17) is 4.74 Å². The van der Waals surface area contributed by atoms with E-state index >= 15 is 0 Å². The molecule has 0 aliphatic carbocycles. The predicted octanol–water partition coefficient (Wildman–Crippen LogP) is 3.03. The standard InChI is InChI=1S/C19H19N3O/c1-19(2)11-16(14-4-3-7-20-12-14)15-10-13(5-6-17(15)23-19)18-21-8-9-22-18/h3-7,10-12H,8-9H2,1-2H3,(H,21,22). The van der Waals surface area contributed by atoms with Crippen molar-refractivity contribution in [1.82, 2.24) is 10.3 Å². The Hall–Kier alpha value is -2.62. The molecule has 0 spiro atoms. The van der Waals surface area contributed by atoms with Crippen molar-refractivity contribution in [1.29, 1.82) is 0 Å². The first-order chi connectivity index (χ1) is 11.1. The fourth-order valence-corrected chi connectivity index (χ4v) is 3.07. The van der Waals surface area contributed by atoms with Crippen molar-refractivity contribution in [2.24, 2.45) is 4.99 Å². The number of benzene rings is 1. The summed E-state index contributed by atoms with van der Waals surface area (Å²) in [6, 6.07) is 10.3. The molecule has 2 aliphatic rings. The van der Waals surface area contributed by atoms with Gasteiger partial charge in [0.2, 0.25) is 0 Å². The lowest BCUT2D eigenvalue weighted by Gasteiger charge is -2.31. The highest BCUT2D eigenvalue weighted by Gasteiger charge is 2.28. The van der Waals surface area contributed by atoms with Gasteiger partial charge < -0.3 is 10.1 Å². The van der Waals surface area contributed by atoms with E-state index in [0.717, 1.165) is 46.9 Å². The number of fused-ring (bicyclic) bond motifs is 1. The van der Waals surface area contributed by atoms with E-state index in [1.54, 1.807) is 6.20 Å². The SMILES string of the molecule is CC1(C)C=C(c2cccnc2)c2cc(C3=NCCN3)ccc2O1. The van der Waals surface area contributed by atoms with Gasteiger partial charge in [0, 0.05) is 35.6 Å². The summed E-state index contributed by atoms with van der Waals surface area (Å²) < 4.78 is 6.13. The number of pyridine rings is 1. The molecule has 23 heavy (non-hydrogen) atoms. The van der Waals surface area contributed by atoms with E-state index in [0.29, 0.717) is 0 Å². The van der Waals surface area contributed by atoms with Gasteiger partial charge in [0.15, 0.2) is 0 Å². The van der Waals surface area contributed by atoms with Gasteiger partial charge in [-0.05, 0) is 49.8 Å². The molecule has 0 bridgehead atoms. The van der Waals surface area contributed by atoms with Crippen molar-refractivity contribution in [2.75, 3.05) is 13.1 Å². The smallest absolute Gasteiger partial charge is 0.128 e. The second kappa shape index (κ2) is 5.23. The number of aliphatic imine (C=N–C) groups is 1. The van der Waals surface area contributed by atoms with Crippen molar-refractivity contribution < 1.29 is 4.74 Å². The lowest BCUT2D eigenvalue weighted by Crippen LogP contribution is -2.29. The summed E-state index contributed by atoms with van der Waals surface area (Å²) in [4.78, 5) is 8.78. The largest absolute Gasteiger partial charge is 0.483 e. The summed E-state index contributed by atoms with van der Waals surface area (Å²) in [5.41, 5.74) is 4.10. The Morgan fingerprint density at radius 3 is 2.83 bits per heavy atom.